The second-order valence-corrected chi connectivity index (χ2v) is 10.2. The van der Waals surface area contributed by atoms with Crippen LogP contribution < -0.4 is 9.47 Å². The van der Waals surface area contributed by atoms with E-state index in [2.05, 4.69) is 0 Å². The summed E-state index contributed by atoms with van der Waals surface area (Å²) in [6.07, 6.45) is 0.589. The number of aldehydes is 1. The smallest absolute Gasteiger partial charge is 0.326 e. The van der Waals surface area contributed by atoms with Gasteiger partial charge in [0.1, 0.15) is 29.7 Å². The van der Waals surface area contributed by atoms with Crippen molar-refractivity contribution in [2.75, 3.05) is 20.2 Å². The highest BCUT2D eigenvalue weighted by molar-refractivity contribution is 6.30. The van der Waals surface area contributed by atoms with Gasteiger partial charge in [-0.1, -0.05) is 47.5 Å². The number of amides is 2. The molecule has 0 saturated heterocycles. The topological polar surface area (TPSA) is 71.4 Å². The van der Waals surface area contributed by atoms with Gasteiger partial charge < -0.3 is 19.2 Å². The molecular weight excluding hydrogens is 537 g/mol. The minimum atomic E-state index is -0.527. The number of halogens is 2. The van der Waals surface area contributed by atoms with Crippen molar-refractivity contribution in [3.8, 4) is 11.5 Å². The molecule has 0 saturated carbocycles. The molecule has 0 N–H and O–H groups in total. The van der Waals surface area contributed by atoms with Crippen molar-refractivity contribution in [3.63, 3.8) is 0 Å². The predicted molar refractivity (Wildman–Crippen MR) is 154 cm³/mol. The van der Waals surface area contributed by atoms with Crippen LogP contribution in [-0.4, -0.2) is 54.3 Å². The second-order valence-electron chi connectivity index (χ2n) is 9.33. The maximum Gasteiger partial charge on any atom is 0.326 e. The Morgan fingerprint density at radius 3 is 2.18 bits per heavy atom. The quantitative estimate of drug-likeness (QED) is 0.261. The summed E-state index contributed by atoms with van der Waals surface area (Å²) < 4.78 is 11.6. The van der Waals surface area contributed by atoms with Gasteiger partial charge in [-0.15, -0.1) is 0 Å². The molecule has 0 aromatic heterocycles. The SMILES string of the molecule is CCN(CC=O)C(=O)N1C(c2ccc(OC)cc2OC(C)C)=NC(c2ccc(Cl)cc2)C1c1ccc(Cl)cc1. The van der Waals surface area contributed by atoms with Crippen molar-refractivity contribution < 1.29 is 19.1 Å². The third-order valence-corrected chi connectivity index (χ3v) is 6.94. The number of amidine groups is 1. The Morgan fingerprint density at radius 1 is 1.03 bits per heavy atom. The normalized spacial score (nSPS) is 16.7. The second kappa shape index (κ2) is 12.5. The Morgan fingerprint density at radius 2 is 1.64 bits per heavy atom. The Bertz CT molecular complexity index is 1340. The standard InChI is InChI=1S/C30H31Cl2N3O4/c1-5-34(16-17-36)30(37)35-28(21-8-12-23(32)13-9-21)27(20-6-10-22(31)11-7-20)33-29(35)25-15-14-24(38-4)18-26(25)39-19(2)3/h6-15,17-19,27-28H,5,16H2,1-4H3. The summed E-state index contributed by atoms with van der Waals surface area (Å²) >= 11 is 12.4. The fourth-order valence-electron chi connectivity index (χ4n) is 4.61. The molecule has 2 atom stereocenters. The predicted octanol–water partition coefficient (Wildman–Crippen LogP) is 6.97. The van der Waals surface area contributed by atoms with Gasteiger partial charge in [0.25, 0.3) is 0 Å². The minimum absolute atomic E-state index is 0.0456. The van der Waals surface area contributed by atoms with Crippen molar-refractivity contribution in [1.82, 2.24) is 9.80 Å². The number of methoxy groups -OCH3 is 1. The van der Waals surface area contributed by atoms with Crippen molar-refractivity contribution in [3.05, 3.63) is 93.5 Å². The molecule has 9 heteroatoms. The zero-order chi connectivity index (χ0) is 28.1. The van der Waals surface area contributed by atoms with Gasteiger partial charge in [-0.25, -0.2) is 4.79 Å². The van der Waals surface area contributed by atoms with Crippen LogP contribution in [0.25, 0.3) is 0 Å². The lowest BCUT2D eigenvalue weighted by Crippen LogP contribution is -2.47. The van der Waals surface area contributed by atoms with Crippen LogP contribution in [0.3, 0.4) is 0 Å². The third-order valence-electron chi connectivity index (χ3n) is 6.44. The first-order valence-electron chi connectivity index (χ1n) is 12.7. The first-order valence-corrected chi connectivity index (χ1v) is 13.5. The summed E-state index contributed by atoms with van der Waals surface area (Å²) in [5, 5.41) is 1.18. The average molecular weight is 569 g/mol. The Balaban J connectivity index is 1.97. The van der Waals surface area contributed by atoms with Gasteiger partial charge in [0.15, 0.2) is 0 Å². The van der Waals surface area contributed by atoms with Gasteiger partial charge in [-0.3, -0.25) is 9.89 Å². The first-order chi connectivity index (χ1) is 18.8. The largest absolute Gasteiger partial charge is 0.497 e. The molecule has 39 heavy (non-hydrogen) atoms. The van der Waals surface area contributed by atoms with E-state index in [0.717, 1.165) is 17.4 Å². The number of urea groups is 1. The molecular formula is C30H31Cl2N3O4. The molecule has 204 valence electrons. The molecule has 0 spiro atoms. The lowest BCUT2D eigenvalue weighted by Gasteiger charge is -2.33. The molecule has 0 bridgehead atoms. The van der Waals surface area contributed by atoms with E-state index >= 15 is 0 Å². The molecule has 1 aliphatic heterocycles. The molecule has 0 radical (unpaired) electrons. The molecule has 4 rings (SSSR count). The Hall–Kier alpha value is -3.55. The van der Waals surface area contributed by atoms with Crippen LogP contribution in [0.5, 0.6) is 11.5 Å². The molecule has 0 aliphatic carbocycles. The first kappa shape index (κ1) is 28.5. The van der Waals surface area contributed by atoms with Crippen LogP contribution in [0.15, 0.2) is 71.7 Å². The van der Waals surface area contributed by atoms with E-state index in [1.807, 2.05) is 57.2 Å². The van der Waals surface area contributed by atoms with E-state index in [9.17, 15) is 9.59 Å². The highest BCUT2D eigenvalue weighted by Gasteiger charge is 2.44. The highest BCUT2D eigenvalue weighted by Crippen LogP contribution is 2.45. The number of likely N-dealkylation sites (N-methyl/N-ethyl adjacent to an activating group) is 1. The molecule has 7 nitrogen and oxygen atoms in total. The molecule has 1 heterocycles. The van der Waals surface area contributed by atoms with Crippen LogP contribution >= 0.6 is 23.2 Å². The summed E-state index contributed by atoms with van der Waals surface area (Å²) in [5.41, 5.74) is 2.36. The molecule has 0 fully saturated rings. The van der Waals surface area contributed by atoms with Gasteiger partial charge in [0.05, 0.1) is 31.4 Å². The summed E-state index contributed by atoms with van der Waals surface area (Å²) in [6, 6.07) is 18.9. The zero-order valence-electron chi connectivity index (χ0n) is 22.3. The lowest BCUT2D eigenvalue weighted by molar-refractivity contribution is -0.108. The van der Waals surface area contributed by atoms with E-state index in [-0.39, 0.29) is 18.7 Å². The Kier molecular flexibility index (Phi) is 9.15. The van der Waals surface area contributed by atoms with E-state index in [4.69, 9.17) is 37.7 Å². The lowest BCUT2D eigenvalue weighted by atomic mass is 9.93. The van der Waals surface area contributed by atoms with E-state index < -0.39 is 12.1 Å². The summed E-state index contributed by atoms with van der Waals surface area (Å²) in [5.74, 6) is 1.58. The maximum absolute atomic E-state index is 14.2. The number of carbonyl (C=O) groups is 2. The van der Waals surface area contributed by atoms with Crippen molar-refractivity contribution in [1.29, 1.82) is 0 Å². The van der Waals surface area contributed by atoms with Gasteiger partial charge >= 0.3 is 6.03 Å². The van der Waals surface area contributed by atoms with Crippen molar-refractivity contribution in [2.45, 2.75) is 39.0 Å². The number of aliphatic imine (C=N–C) groups is 1. The van der Waals surface area contributed by atoms with E-state index in [1.54, 1.807) is 42.3 Å². The molecule has 1 aliphatic rings. The van der Waals surface area contributed by atoms with Gasteiger partial charge in [-0.05, 0) is 68.3 Å². The Labute approximate surface area is 238 Å². The number of carbonyl (C=O) groups excluding carboxylic acids is 2. The maximum atomic E-state index is 14.2. The third kappa shape index (κ3) is 6.21. The summed E-state index contributed by atoms with van der Waals surface area (Å²) in [7, 11) is 1.59. The van der Waals surface area contributed by atoms with Crippen molar-refractivity contribution in [2.24, 2.45) is 4.99 Å². The van der Waals surface area contributed by atoms with Gasteiger partial charge in [0, 0.05) is 22.7 Å². The summed E-state index contributed by atoms with van der Waals surface area (Å²) in [6.45, 7) is 5.99. The average Bonchev–Trinajstić information content (AvgIpc) is 3.32. The number of nitrogens with zero attached hydrogens (tertiary/aromatic N) is 3. The fourth-order valence-corrected chi connectivity index (χ4v) is 4.86. The molecule has 3 aromatic carbocycles. The number of rotatable bonds is 9. The monoisotopic (exact) mass is 567 g/mol. The summed E-state index contributed by atoms with van der Waals surface area (Å²) in [4.78, 5) is 34.0. The highest BCUT2D eigenvalue weighted by atomic mass is 35.5. The molecule has 2 unspecified atom stereocenters. The van der Waals surface area contributed by atoms with Crippen LogP contribution in [0.1, 0.15) is 49.5 Å². The number of hydrogen-bond donors (Lipinski definition) is 0. The van der Waals surface area contributed by atoms with Crippen LogP contribution in [0.2, 0.25) is 10.0 Å². The van der Waals surface area contributed by atoms with Crippen molar-refractivity contribution >= 4 is 41.4 Å². The van der Waals surface area contributed by atoms with E-state index in [0.29, 0.717) is 39.5 Å². The van der Waals surface area contributed by atoms with Crippen LogP contribution in [0.4, 0.5) is 4.79 Å². The van der Waals surface area contributed by atoms with Gasteiger partial charge in [0.2, 0.25) is 0 Å². The van der Waals surface area contributed by atoms with Crippen LogP contribution in [-0.2, 0) is 4.79 Å². The number of benzene rings is 3. The van der Waals surface area contributed by atoms with E-state index in [1.165, 1.54) is 4.90 Å². The minimum Gasteiger partial charge on any atom is -0.497 e. The number of ether oxygens (including phenoxy) is 2. The van der Waals surface area contributed by atoms with Gasteiger partial charge in [-0.2, -0.15) is 0 Å². The number of hydrogen-bond acceptors (Lipinski definition) is 5. The van der Waals surface area contributed by atoms with Crippen LogP contribution in [0, 0.1) is 0 Å². The zero-order valence-corrected chi connectivity index (χ0v) is 23.8. The molecule has 3 aromatic rings. The molecule has 2 amide bonds. The fraction of sp³-hybridized carbons (Fsp3) is 0.300.